The number of aryl methyl sites for hydroxylation is 1. The highest BCUT2D eigenvalue weighted by molar-refractivity contribution is 5.98. The van der Waals surface area contributed by atoms with E-state index in [4.69, 9.17) is 16.2 Å². The van der Waals surface area contributed by atoms with Gasteiger partial charge >= 0.3 is 0 Å². The van der Waals surface area contributed by atoms with Gasteiger partial charge in [-0.05, 0) is 19.9 Å². The van der Waals surface area contributed by atoms with Gasteiger partial charge in [-0.1, -0.05) is 6.92 Å². The first-order valence-corrected chi connectivity index (χ1v) is 6.80. The summed E-state index contributed by atoms with van der Waals surface area (Å²) in [7, 11) is 0. The van der Waals surface area contributed by atoms with E-state index in [0.717, 1.165) is 26.1 Å². The molecular formula is C13H21N5O2. The highest BCUT2D eigenvalue weighted by atomic mass is 16.5. The lowest BCUT2D eigenvalue weighted by atomic mass is 10.2. The summed E-state index contributed by atoms with van der Waals surface area (Å²) in [5, 5.41) is 0. The van der Waals surface area contributed by atoms with Crippen LogP contribution in [0.2, 0.25) is 0 Å². The molecule has 110 valence electrons. The highest BCUT2D eigenvalue weighted by Crippen LogP contribution is 2.22. The van der Waals surface area contributed by atoms with E-state index in [9.17, 15) is 4.79 Å². The molecule has 1 aromatic heterocycles. The number of carbonyl (C=O) groups is 1. The number of ether oxygens (including phenoxy) is 1. The van der Waals surface area contributed by atoms with Crippen molar-refractivity contribution in [3.63, 3.8) is 0 Å². The summed E-state index contributed by atoms with van der Waals surface area (Å²) in [6.45, 7) is 7.16. The van der Waals surface area contributed by atoms with E-state index in [2.05, 4.69) is 21.8 Å². The van der Waals surface area contributed by atoms with E-state index >= 15 is 0 Å². The van der Waals surface area contributed by atoms with Crippen molar-refractivity contribution in [2.45, 2.75) is 26.4 Å². The van der Waals surface area contributed by atoms with E-state index < -0.39 is 5.91 Å². The molecule has 0 bridgehead atoms. The lowest BCUT2D eigenvalue weighted by Crippen LogP contribution is -2.39. The number of hydrogen-bond acceptors (Lipinski definition) is 6. The number of primary amides is 1. The molecule has 7 nitrogen and oxygen atoms in total. The van der Waals surface area contributed by atoms with E-state index in [1.54, 1.807) is 6.92 Å². The number of rotatable bonds is 4. The molecule has 1 saturated heterocycles. The molecule has 0 aromatic carbocycles. The van der Waals surface area contributed by atoms with Crippen molar-refractivity contribution < 1.29 is 9.53 Å². The highest BCUT2D eigenvalue weighted by Gasteiger charge is 2.25. The summed E-state index contributed by atoms with van der Waals surface area (Å²) in [6, 6.07) is 0. The Hall–Kier alpha value is -1.73. The normalized spacial score (nSPS) is 20.0. The fourth-order valence-electron chi connectivity index (χ4n) is 2.44. The van der Waals surface area contributed by atoms with Crippen molar-refractivity contribution >= 4 is 11.7 Å². The summed E-state index contributed by atoms with van der Waals surface area (Å²) in [5.74, 6) is 0.0331. The molecule has 1 amide bonds. The van der Waals surface area contributed by atoms with Crippen molar-refractivity contribution in [2.75, 3.05) is 32.0 Å². The lowest BCUT2D eigenvalue weighted by molar-refractivity contribution is -0.0342. The molecule has 1 fully saturated rings. The predicted molar refractivity (Wildman–Crippen MR) is 75.1 cm³/mol. The van der Waals surface area contributed by atoms with Crippen LogP contribution in [0.1, 0.15) is 41.3 Å². The zero-order valence-electron chi connectivity index (χ0n) is 11.9. The third kappa shape index (κ3) is 3.05. The van der Waals surface area contributed by atoms with E-state index in [-0.39, 0.29) is 17.5 Å². The third-order valence-electron chi connectivity index (χ3n) is 3.36. The van der Waals surface area contributed by atoms with Gasteiger partial charge in [0.05, 0.1) is 12.3 Å². The number of amides is 1. The fraction of sp³-hybridized carbons (Fsp3) is 0.615. The Kier molecular flexibility index (Phi) is 4.51. The van der Waals surface area contributed by atoms with E-state index in [1.165, 1.54) is 0 Å². The average Bonchev–Trinajstić information content (AvgIpc) is 2.38. The number of nitrogens with two attached hydrogens (primary N) is 2. The van der Waals surface area contributed by atoms with Crippen LogP contribution in [0.25, 0.3) is 0 Å². The molecule has 0 aliphatic carbocycles. The Labute approximate surface area is 118 Å². The SMILES string of the molecule is CCCN1CCOC(c2nc(C)c(C(N)=O)c(N)n2)C1. The number of carbonyl (C=O) groups excluding carboxylic acids is 1. The van der Waals surface area contributed by atoms with Crippen molar-refractivity contribution in [2.24, 2.45) is 5.73 Å². The average molecular weight is 279 g/mol. The molecule has 0 radical (unpaired) electrons. The van der Waals surface area contributed by atoms with Gasteiger partial charge in [-0.2, -0.15) is 0 Å². The third-order valence-corrected chi connectivity index (χ3v) is 3.36. The Morgan fingerprint density at radius 3 is 2.85 bits per heavy atom. The summed E-state index contributed by atoms with van der Waals surface area (Å²) < 4.78 is 5.71. The molecule has 4 N–H and O–H groups in total. The van der Waals surface area contributed by atoms with Crippen molar-refractivity contribution in [3.8, 4) is 0 Å². The van der Waals surface area contributed by atoms with Crippen LogP contribution in [0.4, 0.5) is 5.82 Å². The quantitative estimate of drug-likeness (QED) is 0.818. The Morgan fingerprint density at radius 2 is 2.25 bits per heavy atom. The number of nitrogens with zero attached hydrogens (tertiary/aromatic N) is 3. The number of nitrogen functional groups attached to an aromatic ring is 1. The molecule has 0 saturated carbocycles. The molecule has 1 aliphatic rings. The van der Waals surface area contributed by atoms with Gasteiger partial charge in [-0.25, -0.2) is 9.97 Å². The minimum Gasteiger partial charge on any atom is -0.383 e. The van der Waals surface area contributed by atoms with Crippen LogP contribution in [0.5, 0.6) is 0 Å². The van der Waals surface area contributed by atoms with Crippen LogP contribution in [-0.4, -0.2) is 47.0 Å². The van der Waals surface area contributed by atoms with Crippen LogP contribution in [0.15, 0.2) is 0 Å². The molecule has 1 aromatic rings. The summed E-state index contributed by atoms with van der Waals surface area (Å²) in [4.78, 5) is 22.1. The van der Waals surface area contributed by atoms with Gasteiger partial charge in [0, 0.05) is 13.1 Å². The summed E-state index contributed by atoms with van der Waals surface area (Å²) in [6.07, 6.45) is 0.883. The number of morpholine rings is 1. The lowest BCUT2D eigenvalue weighted by Gasteiger charge is -2.32. The first-order chi connectivity index (χ1) is 9.52. The van der Waals surface area contributed by atoms with Crippen LogP contribution >= 0.6 is 0 Å². The van der Waals surface area contributed by atoms with Crippen molar-refractivity contribution in [1.29, 1.82) is 0 Å². The standard InChI is InChI=1S/C13H21N5O2/c1-3-4-18-5-6-20-9(7-18)13-16-8(2)10(12(15)19)11(14)17-13/h9H,3-7H2,1-2H3,(H2,15,19)(H2,14,16,17). The van der Waals surface area contributed by atoms with Gasteiger partial charge in [0.25, 0.3) is 5.91 Å². The largest absolute Gasteiger partial charge is 0.383 e. The maximum absolute atomic E-state index is 11.3. The van der Waals surface area contributed by atoms with Gasteiger partial charge in [-0.3, -0.25) is 9.69 Å². The van der Waals surface area contributed by atoms with Crippen molar-refractivity contribution in [1.82, 2.24) is 14.9 Å². The fourth-order valence-corrected chi connectivity index (χ4v) is 2.44. The number of hydrogen-bond donors (Lipinski definition) is 2. The van der Waals surface area contributed by atoms with Crippen LogP contribution in [0.3, 0.4) is 0 Å². The second-order valence-electron chi connectivity index (χ2n) is 4.95. The Morgan fingerprint density at radius 1 is 1.50 bits per heavy atom. The molecular weight excluding hydrogens is 258 g/mol. The second kappa shape index (κ2) is 6.15. The molecule has 20 heavy (non-hydrogen) atoms. The Bertz CT molecular complexity index is 481. The maximum atomic E-state index is 11.3. The molecule has 1 aliphatic heterocycles. The predicted octanol–water partition coefficient (Wildman–Crippen LogP) is 0.249. The molecule has 0 spiro atoms. The topological polar surface area (TPSA) is 107 Å². The van der Waals surface area contributed by atoms with Gasteiger partial charge in [0.2, 0.25) is 0 Å². The van der Waals surface area contributed by atoms with E-state index in [1.807, 2.05) is 0 Å². The van der Waals surface area contributed by atoms with Crippen molar-refractivity contribution in [3.05, 3.63) is 17.1 Å². The first kappa shape index (κ1) is 14.7. The number of aromatic nitrogens is 2. The zero-order chi connectivity index (χ0) is 14.7. The first-order valence-electron chi connectivity index (χ1n) is 6.80. The Balaban J connectivity index is 2.22. The minimum absolute atomic E-state index is 0.121. The molecule has 1 unspecified atom stereocenters. The summed E-state index contributed by atoms with van der Waals surface area (Å²) >= 11 is 0. The van der Waals surface area contributed by atoms with Gasteiger partial charge in [0.15, 0.2) is 5.82 Å². The summed E-state index contributed by atoms with van der Waals surface area (Å²) in [5.41, 5.74) is 11.8. The second-order valence-corrected chi connectivity index (χ2v) is 4.95. The molecule has 1 atom stereocenters. The molecule has 7 heteroatoms. The van der Waals surface area contributed by atoms with E-state index in [0.29, 0.717) is 18.1 Å². The van der Waals surface area contributed by atoms with Gasteiger partial charge in [-0.15, -0.1) is 0 Å². The maximum Gasteiger partial charge on any atom is 0.254 e. The van der Waals surface area contributed by atoms with Crippen LogP contribution in [-0.2, 0) is 4.74 Å². The van der Waals surface area contributed by atoms with Crippen LogP contribution in [0, 0.1) is 6.92 Å². The minimum atomic E-state index is -0.608. The van der Waals surface area contributed by atoms with Gasteiger partial charge in [0.1, 0.15) is 17.5 Å². The molecule has 2 heterocycles. The smallest absolute Gasteiger partial charge is 0.254 e. The van der Waals surface area contributed by atoms with Crippen LogP contribution < -0.4 is 11.5 Å². The zero-order valence-corrected chi connectivity index (χ0v) is 11.9. The molecule has 2 rings (SSSR count). The number of anilines is 1. The van der Waals surface area contributed by atoms with Gasteiger partial charge < -0.3 is 16.2 Å². The monoisotopic (exact) mass is 279 g/mol.